The van der Waals surface area contributed by atoms with E-state index in [1.54, 1.807) is 36.5 Å². The molecule has 3 rings (SSSR count). The molecule has 1 heterocycles. The number of anilines is 1. The zero-order chi connectivity index (χ0) is 16.2. The van der Waals surface area contributed by atoms with Crippen LogP contribution < -0.4 is 15.4 Å². The number of nitrogens with zero attached hydrogens (tertiary/aromatic N) is 1. The van der Waals surface area contributed by atoms with Crippen LogP contribution in [0.1, 0.15) is 33.6 Å². The number of pyridine rings is 1. The summed E-state index contributed by atoms with van der Waals surface area (Å²) in [6.45, 7) is 0. The van der Waals surface area contributed by atoms with Crippen LogP contribution in [-0.4, -0.2) is 29.9 Å². The topological polar surface area (TPSA) is 80.3 Å². The van der Waals surface area contributed by atoms with Gasteiger partial charge in [0.15, 0.2) is 0 Å². The van der Waals surface area contributed by atoms with Crippen LogP contribution in [0.5, 0.6) is 5.75 Å². The Morgan fingerprint density at radius 2 is 2.04 bits per heavy atom. The second-order valence-electron chi connectivity index (χ2n) is 5.36. The van der Waals surface area contributed by atoms with Crippen LogP contribution in [0.25, 0.3) is 0 Å². The Morgan fingerprint density at radius 1 is 1.22 bits per heavy atom. The summed E-state index contributed by atoms with van der Waals surface area (Å²) in [6.07, 6.45) is 5.06. The summed E-state index contributed by atoms with van der Waals surface area (Å²) in [6, 6.07) is 8.56. The number of amides is 2. The molecular weight excluding hydrogens is 294 g/mol. The number of ether oxygens (including phenoxy) is 1. The van der Waals surface area contributed by atoms with Crippen molar-refractivity contribution in [1.29, 1.82) is 0 Å². The summed E-state index contributed by atoms with van der Waals surface area (Å²) in [7, 11) is 1.53. The fourth-order valence-corrected chi connectivity index (χ4v) is 2.13. The lowest BCUT2D eigenvalue weighted by Gasteiger charge is -2.12. The third kappa shape index (κ3) is 3.66. The van der Waals surface area contributed by atoms with Crippen molar-refractivity contribution in [3.05, 3.63) is 53.9 Å². The van der Waals surface area contributed by atoms with Gasteiger partial charge in [-0.2, -0.15) is 0 Å². The number of benzene rings is 1. The smallest absolute Gasteiger partial charge is 0.257 e. The Labute approximate surface area is 133 Å². The minimum Gasteiger partial charge on any atom is -0.497 e. The molecule has 1 aliphatic rings. The van der Waals surface area contributed by atoms with Crippen molar-refractivity contribution in [2.45, 2.75) is 18.9 Å². The molecule has 0 unspecified atom stereocenters. The van der Waals surface area contributed by atoms with E-state index >= 15 is 0 Å². The normalized spacial score (nSPS) is 13.3. The number of nitrogens with one attached hydrogen (secondary N) is 2. The first-order valence-corrected chi connectivity index (χ1v) is 7.37. The van der Waals surface area contributed by atoms with E-state index in [-0.39, 0.29) is 17.9 Å². The lowest BCUT2D eigenvalue weighted by atomic mass is 10.1. The maximum Gasteiger partial charge on any atom is 0.257 e. The second kappa shape index (κ2) is 6.48. The van der Waals surface area contributed by atoms with Crippen molar-refractivity contribution in [1.82, 2.24) is 10.3 Å². The lowest BCUT2D eigenvalue weighted by Crippen LogP contribution is -2.27. The first-order valence-electron chi connectivity index (χ1n) is 7.37. The summed E-state index contributed by atoms with van der Waals surface area (Å²) in [5.41, 5.74) is 1.25. The van der Waals surface area contributed by atoms with E-state index in [1.807, 2.05) is 0 Å². The molecule has 1 saturated carbocycles. The molecule has 1 fully saturated rings. The molecule has 2 amide bonds. The first kappa shape index (κ1) is 15.0. The monoisotopic (exact) mass is 311 g/mol. The van der Waals surface area contributed by atoms with E-state index in [4.69, 9.17) is 4.74 Å². The number of carbonyl (C=O) groups excluding carboxylic acids is 2. The van der Waals surface area contributed by atoms with E-state index < -0.39 is 0 Å². The number of hydrogen-bond donors (Lipinski definition) is 2. The Bertz CT molecular complexity index is 727. The SMILES string of the molecule is COc1ccc(NC(=O)c2cccnc2)c(C(=O)NC2CC2)c1. The van der Waals surface area contributed by atoms with Crippen molar-refractivity contribution in [3.8, 4) is 5.75 Å². The molecule has 2 N–H and O–H groups in total. The minimum atomic E-state index is -0.316. The molecule has 6 heteroatoms. The highest BCUT2D eigenvalue weighted by Crippen LogP contribution is 2.25. The summed E-state index contributed by atoms with van der Waals surface area (Å²) < 4.78 is 5.17. The van der Waals surface area contributed by atoms with E-state index in [1.165, 1.54) is 13.3 Å². The highest BCUT2D eigenvalue weighted by atomic mass is 16.5. The fourth-order valence-electron chi connectivity index (χ4n) is 2.13. The molecule has 0 bridgehead atoms. The van der Waals surface area contributed by atoms with E-state index in [2.05, 4.69) is 15.6 Å². The van der Waals surface area contributed by atoms with Crippen LogP contribution in [-0.2, 0) is 0 Å². The molecule has 23 heavy (non-hydrogen) atoms. The summed E-state index contributed by atoms with van der Waals surface area (Å²) in [4.78, 5) is 28.6. The zero-order valence-corrected chi connectivity index (χ0v) is 12.7. The Morgan fingerprint density at radius 3 is 2.70 bits per heavy atom. The molecule has 1 aromatic carbocycles. The number of carbonyl (C=O) groups is 2. The molecule has 0 spiro atoms. The van der Waals surface area contributed by atoms with Gasteiger partial charge >= 0.3 is 0 Å². The van der Waals surface area contributed by atoms with Gasteiger partial charge in [-0.1, -0.05) is 0 Å². The third-order valence-corrected chi connectivity index (χ3v) is 3.56. The van der Waals surface area contributed by atoms with Gasteiger partial charge in [-0.15, -0.1) is 0 Å². The van der Waals surface area contributed by atoms with Gasteiger partial charge in [0.05, 0.1) is 23.9 Å². The van der Waals surface area contributed by atoms with Gasteiger partial charge in [0.2, 0.25) is 0 Å². The predicted octanol–water partition coefficient (Wildman–Crippen LogP) is 2.23. The number of methoxy groups -OCH3 is 1. The van der Waals surface area contributed by atoms with Crippen molar-refractivity contribution in [3.63, 3.8) is 0 Å². The van der Waals surface area contributed by atoms with Crippen LogP contribution in [0.15, 0.2) is 42.7 Å². The summed E-state index contributed by atoms with van der Waals surface area (Å²) in [5.74, 6) is 0.0296. The van der Waals surface area contributed by atoms with Crippen LogP contribution in [0.4, 0.5) is 5.69 Å². The molecule has 1 aromatic heterocycles. The minimum absolute atomic E-state index is 0.215. The maximum absolute atomic E-state index is 12.4. The maximum atomic E-state index is 12.4. The summed E-state index contributed by atoms with van der Waals surface area (Å²) in [5, 5.41) is 5.67. The van der Waals surface area contributed by atoms with Gasteiger partial charge in [-0.25, -0.2) is 0 Å². The van der Waals surface area contributed by atoms with Crippen LogP contribution >= 0.6 is 0 Å². The van der Waals surface area contributed by atoms with Gasteiger partial charge < -0.3 is 15.4 Å². The van der Waals surface area contributed by atoms with Gasteiger partial charge in [-0.05, 0) is 43.2 Å². The molecule has 6 nitrogen and oxygen atoms in total. The van der Waals surface area contributed by atoms with Gasteiger partial charge in [-0.3, -0.25) is 14.6 Å². The van der Waals surface area contributed by atoms with E-state index in [0.29, 0.717) is 22.6 Å². The molecule has 0 aliphatic heterocycles. The highest BCUT2D eigenvalue weighted by Gasteiger charge is 2.25. The van der Waals surface area contributed by atoms with Gasteiger partial charge in [0.25, 0.3) is 11.8 Å². The molecule has 118 valence electrons. The van der Waals surface area contributed by atoms with E-state index in [0.717, 1.165) is 12.8 Å². The van der Waals surface area contributed by atoms with Crippen molar-refractivity contribution in [2.75, 3.05) is 12.4 Å². The molecule has 2 aromatic rings. The highest BCUT2D eigenvalue weighted by molar-refractivity contribution is 6.09. The van der Waals surface area contributed by atoms with Crippen LogP contribution in [0, 0.1) is 0 Å². The molecule has 0 atom stereocenters. The van der Waals surface area contributed by atoms with Crippen molar-refractivity contribution in [2.24, 2.45) is 0 Å². The van der Waals surface area contributed by atoms with Gasteiger partial charge in [0, 0.05) is 18.4 Å². The predicted molar refractivity (Wildman–Crippen MR) is 85.7 cm³/mol. The Hall–Kier alpha value is -2.89. The zero-order valence-electron chi connectivity index (χ0n) is 12.7. The lowest BCUT2D eigenvalue weighted by molar-refractivity contribution is 0.0951. The van der Waals surface area contributed by atoms with Crippen molar-refractivity contribution >= 4 is 17.5 Å². The quantitative estimate of drug-likeness (QED) is 0.887. The number of hydrogen-bond acceptors (Lipinski definition) is 4. The standard InChI is InChI=1S/C17H17N3O3/c1-23-13-6-7-15(14(9-13)17(22)19-12-4-5-12)20-16(21)11-3-2-8-18-10-11/h2-3,6-10,12H,4-5H2,1H3,(H,19,22)(H,20,21). The first-order chi connectivity index (χ1) is 11.2. The van der Waals surface area contributed by atoms with Crippen LogP contribution in [0.2, 0.25) is 0 Å². The molecular formula is C17H17N3O3. The number of aromatic nitrogens is 1. The average molecular weight is 311 g/mol. The average Bonchev–Trinajstić information content (AvgIpc) is 3.39. The van der Waals surface area contributed by atoms with Crippen molar-refractivity contribution < 1.29 is 14.3 Å². The van der Waals surface area contributed by atoms with Crippen LogP contribution in [0.3, 0.4) is 0 Å². The van der Waals surface area contributed by atoms with E-state index in [9.17, 15) is 9.59 Å². The molecule has 0 radical (unpaired) electrons. The van der Waals surface area contributed by atoms with Gasteiger partial charge in [0.1, 0.15) is 5.75 Å². The Balaban J connectivity index is 1.85. The Kier molecular flexibility index (Phi) is 4.23. The molecule has 1 aliphatic carbocycles. The second-order valence-corrected chi connectivity index (χ2v) is 5.36. The molecule has 0 saturated heterocycles. The fraction of sp³-hybridized carbons (Fsp3) is 0.235. The summed E-state index contributed by atoms with van der Waals surface area (Å²) >= 11 is 0. The largest absolute Gasteiger partial charge is 0.497 e. The third-order valence-electron chi connectivity index (χ3n) is 3.56. The number of rotatable bonds is 5.